The van der Waals surface area contributed by atoms with Crippen LogP contribution in [0.2, 0.25) is 10.0 Å². The van der Waals surface area contributed by atoms with Crippen LogP contribution >= 0.6 is 23.2 Å². The van der Waals surface area contributed by atoms with Crippen molar-refractivity contribution in [2.24, 2.45) is 5.73 Å². The molecule has 0 spiro atoms. The highest BCUT2D eigenvalue weighted by molar-refractivity contribution is 6.32. The van der Waals surface area contributed by atoms with Gasteiger partial charge in [-0.3, -0.25) is 4.57 Å². The van der Waals surface area contributed by atoms with Gasteiger partial charge >= 0.3 is 11.9 Å². The first-order chi connectivity index (χ1) is 17.5. The highest BCUT2D eigenvalue weighted by Gasteiger charge is 2.45. The van der Waals surface area contributed by atoms with Gasteiger partial charge in [0.1, 0.15) is 6.54 Å². The number of benzene rings is 2. The van der Waals surface area contributed by atoms with Crippen molar-refractivity contribution in [2.75, 3.05) is 0 Å². The summed E-state index contributed by atoms with van der Waals surface area (Å²) < 4.78 is 42.6. The van der Waals surface area contributed by atoms with Gasteiger partial charge in [-0.2, -0.15) is 13.2 Å². The minimum Gasteiger partial charge on any atom is -0.382 e. The van der Waals surface area contributed by atoms with Crippen molar-refractivity contribution >= 4 is 23.2 Å². The maximum absolute atomic E-state index is 13.2. The standard InChI is InChI=1S/C23H20Cl2F3N7O2/c24-14-7-5-13(6-8-14)19-32-34(21(37)33(19)11-17(36)23(26,27)28)12-18-30-20(22(29)9-10-22)35(31-18)16-4-2-1-3-15(16)25/h1-8,17,36H,9-12,29H2. The summed E-state index contributed by atoms with van der Waals surface area (Å²) in [7, 11) is 0. The monoisotopic (exact) mass is 553 g/mol. The Labute approximate surface area is 217 Å². The molecule has 1 atom stereocenters. The lowest BCUT2D eigenvalue weighted by Gasteiger charge is -2.15. The summed E-state index contributed by atoms with van der Waals surface area (Å²) in [5, 5.41) is 19.2. The van der Waals surface area contributed by atoms with Crippen LogP contribution in [0.15, 0.2) is 53.3 Å². The predicted octanol–water partition coefficient (Wildman–Crippen LogP) is 3.52. The second-order valence-electron chi connectivity index (χ2n) is 8.81. The van der Waals surface area contributed by atoms with Crippen LogP contribution < -0.4 is 11.4 Å². The van der Waals surface area contributed by atoms with Crippen LogP contribution in [0.1, 0.15) is 24.5 Å². The number of nitrogens with two attached hydrogens (primary N) is 1. The second kappa shape index (κ2) is 9.28. The average molecular weight is 554 g/mol. The van der Waals surface area contributed by atoms with E-state index in [1.54, 1.807) is 24.3 Å². The number of aliphatic hydroxyl groups is 1. The molecular formula is C23H20Cl2F3N7O2. The molecule has 194 valence electrons. The van der Waals surface area contributed by atoms with Gasteiger partial charge in [0.25, 0.3) is 0 Å². The van der Waals surface area contributed by atoms with Crippen molar-refractivity contribution in [3.05, 3.63) is 80.7 Å². The van der Waals surface area contributed by atoms with E-state index in [1.807, 2.05) is 0 Å². The van der Waals surface area contributed by atoms with Gasteiger partial charge < -0.3 is 10.8 Å². The maximum Gasteiger partial charge on any atom is 0.416 e. The van der Waals surface area contributed by atoms with Crippen molar-refractivity contribution < 1.29 is 18.3 Å². The third-order valence-corrected chi connectivity index (χ3v) is 6.59. The zero-order chi connectivity index (χ0) is 26.5. The van der Waals surface area contributed by atoms with Crippen LogP contribution in [0.4, 0.5) is 13.2 Å². The highest BCUT2D eigenvalue weighted by Crippen LogP contribution is 2.42. The van der Waals surface area contributed by atoms with Gasteiger partial charge in [-0.05, 0) is 49.2 Å². The molecule has 0 aliphatic heterocycles. The fourth-order valence-corrected chi connectivity index (χ4v) is 4.17. The minimum atomic E-state index is -4.93. The lowest BCUT2D eigenvalue weighted by atomic mass is 10.2. The third-order valence-electron chi connectivity index (χ3n) is 6.02. The topological polar surface area (TPSA) is 117 Å². The summed E-state index contributed by atoms with van der Waals surface area (Å²) in [4.78, 5) is 17.7. The Bertz CT molecular complexity index is 1510. The molecule has 14 heteroatoms. The molecule has 0 amide bonds. The Kier molecular flexibility index (Phi) is 6.39. The smallest absolute Gasteiger partial charge is 0.382 e. The molecular weight excluding hydrogens is 534 g/mol. The van der Waals surface area contributed by atoms with E-state index in [2.05, 4.69) is 15.2 Å². The molecule has 1 aliphatic rings. The van der Waals surface area contributed by atoms with Gasteiger partial charge in [0.15, 0.2) is 23.6 Å². The van der Waals surface area contributed by atoms with E-state index in [0.29, 0.717) is 40.0 Å². The van der Waals surface area contributed by atoms with Crippen molar-refractivity contribution in [3.8, 4) is 17.1 Å². The second-order valence-corrected chi connectivity index (χ2v) is 9.65. The Hall–Kier alpha value is -3.19. The molecule has 2 heterocycles. The lowest BCUT2D eigenvalue weighted by Crippen LogP contribution is -2.37. The molecule has 5 rings (SSSR count). The Morgan fingerprint density at radius 3 is 2.38 bits per heavy atom. The minimum absolute atomic E-state index is 0.0757. The summed E-state index contributed by atoms with van der Waals surface area (Å²) in [5.41, 5.74) is 5.70. The average Bonchev–Trinajstić information content (AvgIpc) is 3.33. The van der Waals surface area contributed by atoms with Crippen LogP contribution in [-0.4, -0.2) is 46.5 Å². The molecule has 1 unspecified atom stereocenters. The number of hydrogen-bond donors (Lipinski definition) is 2. The van der Waals surface area contributed by atoms with E-state index in [9.17, 15) is 23.1 Å². The number of halogens is 5. The van der Waals surface area contributed by atoms with E-state index < -0.39 is 30.1 Å². The summed E-state index contributed by atoms with van der Waals surface area (Å²) >= 11 is 12.3. The molecule has 0 bridgehead atoms. The fraction of sp³-hybridized carbons (Fsp3) is 0.304. The zero-order valence-corrected chi connectivity index (χ0v) is 20.5. The zero-order valence-electron chi connectivity index (χ0n) is 19.0. The number of rotatable bonds is 7. The largest absolute Gasteiger partial charge is 0.416 e. The molecule has 1 saturated carbocycles. The molecule has 0 radical (unpaired) electrons. The molecule has 2 aromatic carbocycles. The quantitative estimate of drug-likeness (QED) is 0.361. The van der Waals surface area contributed by atoms with Gasteiger partial charge in [0, 0.05) is 10.6 Å². The molecule has 37 heavy (non-hydrogen) atoms. The van der Waals surface area contributed by atoms with Crippen molar-refractivity contribution in [1.29, 1.82) is 0 Å². The van der Waals surface area contributed by atoms with Gasteiger partial charge in [-0.25, -0.2) is 19.1 Å². The van der Waals surface area contributed by atoms with Gasteiger partial charge in [-0.15, -0.1) is 10.2 Å². The molecule has 3 N–H and O–H groups in total. The van der Waals surface area contributed by atoms with E-state index in [0.717, 1.165) is 9.25 Å². The summed E-state index contributed by atoms with van der Waals surface area (Å²) in [6.45, 7) is -1.30. The highest BCUT2D eigenvalue weighted by atomic mass is 35.5. The third kappa shape index (κ3) is 5.01. The van der Waals surface area contributed by atoms with Gasteiger partial charge in [0.2, 0.25) is 0 Å². The van der Waals surface area contributed by atoms with Gasteiger partial charge in [0.05, 0.1) is 22.8 Å². The molecule has 1 aliphatic carbocycles. The van der Waals surface area contributed by atoms with Crippen LogP contribution in [0.5, 0.6) is 0 Å². The lowest BCUT2D eigenvalue weighted by molar-refractivity contribution is -0.207. The summed E-state index contributed by atoms with van der Waals surface area (Å²) in [6.07, 6.45) is -6.34. The van der Waals surface area contributed by atoms with Crippen molar-refractivity contribution in [2.45, 2.75) is 43.8 Å². The summed E-state index contributed by atoms with van der Waals surface area (Å²) in [6, 6.07) is 13.0. The number of para-hydroxylation sites is 1. The normalized spacial score (nSPS) is 15.6. The first kappa shape index (κ1) is 25.5. The maximum atomic E-state index is 13.2. The molecule has 4 aromatic rings. The summed E-state index contributed by atoms with van der Waals surface area (Å²) in [5.74, 6) is 0.541. The van der Waals surface area contributed by atoms with E-state index in [-0.39, 0.29) is 18.2 Å². The number of nitrogens with zero attached hydrogens (tertiary/aromatic N) is 6. The number of alkyl halides is 3. The van der Waals surface area contributed by atoms with Crippen LogP contribution in [0.25, 0.3) is 17.1 Å². The number of aromatic nitrogens is 6. The van der Waals surface area contributed by atoms with Crippen LogP contribution in [0.3, 0.4) is 0 Å². The van der Waals surface area contributed by atoms with Gasteiger partial charge in [-0.1, -0.05) is 35.3 Å². The van der Waals surface area contributed by atoms with E-state index in [1.165, 1.54) is 28.9 Å². The molecule has 9 nitrogen and oxygen atoms in total. The first-order valence-electron chi connectivity index (χ1n) is 11.1. The van der Waals surface area contributed by atoms with Crippen molar-refractivity contribution in [3.63, 3.8) is 0 Å². The Balaban J connectivity index is 1.57. The molecule has 0 saturated heterocycles. The van der Waals surface area contributed by atoms with Crippen molar-refractivity contribution in [1.82, 2.24) is 29.1 Å². The van der Waals surface area contributed by atoms with Crippen LogP contribution in [-0.2, 0) is 18.6 Å². The predicted molar refractivity (Wildman–Crippen MR) is 130 cm³/mol. The first-order valence-corrected chi connectivity index (χ1v) is 11.9. The molecule has 2 aromatic heterocycles. The Morgan fingerprint density at radius 1 is 1.08 bits per heavy atom. The Morgan fingerprint density at radius 2 is 1.76 bits per heavy atom. The molecule has 1 fully saturated rings. The van der Waals surface area contributed by atoms with Crippen LogP contribution in [0, 0.1) is 0 Å². The fourth-order valence-electron chi connectivity index (χ4n) is 3.83. The number of aliphatic hydroxyl groups excluding tert-OH is 1. The van der Waals surface area contributed by atoms with E-state index in [4.69, 9.17) is 28.9 Å². The SMILES string of the molecule is NC1(c2nc(Cn3nc(-c4ccc(Cl)cc4)n(CC(O)C(F)(F)F)c3=O)nn2-c2ccccc2Cl)CC1. The number of hydrogen-bond acceptors (Lipinski definition) is 6. The van der Waals surface area contributed by atoms with E-state index >= 15 is 0 Å².